The van der Waals surface area contributed by atoms with E-state index in [0.717, 1.165) is 10.6 Å². The van der Waals surface area contributed by atoms with Crippen LogP contribution < -0.4 is 5.32 Å². The zero-order valence-corrected chi connectivity index (χ0v) is 10.9. The third-order valence-electron chi connectivity index (χ3n) is 2.86. The maximum atomic E-state index is 9.89. The molecule has 0 saturated carbocycles. The third-order valence-corrected chi connectivity index (χ3v) is 3.20. The predicted molar refractivity (Wildman–Crippen MR) is 71.5 cm³/mol. The Kier molecular flexibility index (Phi) is 4.42. The lowest BCUT2D eigenvalue weighted by molar-refractivity contribution is 0.144. The maximum Gasteiger partial charge on any atom is 0.133 e. The van der Waals surface area contributed by atoms with E-state index in [0.29, 0.717) is 12.3 Å². The van der Waals surface area contributed by atoms with E-state index in [1.165, 1.54) is 0 Å². The SMILES string of the molecule is C[C@H](NCC(O)c1ccco1)c1ccccc1Cl. The summed E-state index contributed by atoms with van der Waals surface area (Å²) in [6, 6.07) is 11.3. The first-order chi connectivity index (χ1) is 8.68. The average Bonchev–Trinajstić information content (AvgIpc) is 2.90. The third kappa shape index (κ3) is 3.13. The highest BCUT2D eigenvalue weighted by Crippen LogP contribution is 2.22. The summed E-state index contributed by atoms with van der Waals surface area (Å²) in [5, 5.41) is 13.8. The van der Waals surface area contributed by atoms with Crippen molar-refractivity contribution in [3.8, 4) is 0 Å². The molecule has 1 aromatic heterocycles. The van der Waals surface area contributed by atoms with Crippen molar-refractivity contribution in [1.29, 1.82) is 0 Å². The first kappa shape index (κ1) is 13.1. The van der Waals surface area contributed by atoms with Gasteiger partial charge >= 0.3 is 0 Å². The number of nitrogens with one attached hydrogen (secondary N) is 1. The number of furan rings is 1. The van der Waals surface area contributed by atoms with Crippen LogP contribution >= 0.6 is 11.6 Å². The monoisotopic (exact) mass is 265 g/mol. The van der Waals surface area contributed by atoms with E-state index in [9.17, 15) is 5.11 Å². The molecule has 0 spiro atoms. The van der Waals surface area contributed by atoms with Crippen LogP contribution in [0.2, 0.25) is 5.02 Å². The Morgan fingerprint density at radius 3 is 2.72 bits per heavy atom. The Morgan fingerprint density at radius 2 is 2.06 bits per heavy atom. The fourth-order valence-electron chi connectivity index (χ4n) is 1.81. The van der Waals surface area contributed by atoms with Crippen LogP contribution in [0.3, 0.4) is 0 Å². The summed E-state index contributed by atoms with van der Waals surface area (Å²) in [5.74, 6) is 0.564. The summed E-state index contributed by atoms with van der Waals surface area (Å²) in [7, 11) is 0. The minimum atomic E-state index is -0.648. The van der Waals surface area contributed by atoms with Crippen LogP contribution in [-0.2, 0) is 0 Å². The van der Waals surface area contributed by atoms with Gasteiger partial charge in [-0.05, 0) is 30.7 Å². The Hall–Kier alpha value is -1.29. The predicted octanol–water partition coefficient (Wildman–Crippen LogP) is 3.32. The van der Waals surface area contributed by atoms with E-state index in [1.807, 2.05) is 31.2 Å². The van der Waals surface area contributed by atoms with Crippen molar-refractivity contribution in [2.45, 2.75) is 19.1 Å². The first-order valence-electron chi connectivity index (χ1n) is 5.87. The number of hydrogen-bond donors (Lipinski definition) is 2. The molecule has 0 aliphatic carbocycles. The minimum absolute atomic E-state index is 0.0725. The zero-order chi connectivity index (χ0) is 13.0. The maximum absolute atomic E-state index is 9.89. The lowest BCUT2D eigenvalue weighted by atomic mass is 10.1. The molecule has 0 saturated heterocycles. The van der Waals surface area contributed by atoms with E-state index >= 15 is 0 Å². The van der Waals surface area contributed by atoms with Crippen LogP contribution in [0.4, 0.5) is 0 Å². The van der Waals surface area contributed by atoms with Gasteiger partial charge in [0.05, 0.1) is 6.26 Å². The summed E-state index contributed by atoms with van der Waals surface area (Å²) < 4.78 is 5.14. The number of benzene rings is 1. The molecule has 0 amide bonds. The Morgan fingerprint density at radius 1 is 1.28 bits per heavy atom. The number of rotatable bonds is 5. The Labute approximate surface area is 111 Å². The summed E-state index contributed by atoms with van der Waals surface area (Å²) in [6.45, 7) is 2.43. The number of aliphatic hydroxyl groups excluding tert-OH is 1. The molecule has 96 valence electrons. The molecule has 1 heterocycles. The van der Waals surface area contributed by atoms with Gasteiger partial charge in [-0.15, -0.1) is 0 Å². The van der Waals surface area contributed by atoms with Gasteiger partial charge < -0.3 is 14.8 Å². The normalized spacial score (nSPS) is 14.4. The highest BCUT2D eigenvalue weighted by Gasteiger charge is 2.13. The second-order valence-electron chi connectivity index (χ2n) is 4.18. The molecular formula is C14H16ClNO2. The van der Waals surface area contributed by atoms with Crippen molar-refractivity contribution in [3.05, 3.63) is 59.0 Å². The molecule has 2 aromatic rings. The van der Waals surface area contributed by atoms with Gasteiger partial charge in [0, 0.05) is 17.6 Å². The largest absolute Gasteiger partial charge is 0.467 e. The van der Waals surface area contributed by atoms with Crippen LogP contribution in [0.25, 0.3) is 0 Å². The molecule has 2 N–H and O–H groups in total. The van der Waals surface area contributed by atoms with Crippen molar-refractivity contribution in [2.75, 3.05) is 6.54 Å². The van der Waals surface area contributed by atoms with Gasteiger partial charge in [0.1, 0.15) is 11.9 Å². The Bertz CT molecular complexity index is 484. The van der Waals surface area contributed by atoms with Crippen LogP contribution in [0.5, 0.6) is 0 Å². The fourth-order valence-corrected chi connectivity index (χ4v) is 2.11. The second-order valence-corrected chi connectivity index (χ2v) is 4.59. The quantitative estimate of drug-likeness (QED) is 0.872. The van der Waals surface area contributed by atoms with Crippen molar-refractivity contribution < 1.29 is 9.52 Å². The standard InChI is InChI=1S/C14H16ClNO2/c1-10(11-5-2-3-6-12(11)15)16-9-13(17)14-7-4-8-18-14/h2-8,10,13,16-17H,9H2,1H3/t10-,13?/m0/s1. The van der Waals surface area contributed by atoms with Gasteiger partial charge in [-0.2, -0.15) is 0 Å². The summed E-state index contributed by atoms with van der Waals surface area (Å²) in [4.78, 5) is 0. The molecule has 2 atom stereocenters. The molecule has 1 aromatic carbocycles. The molecule has 3 nitrogen and oxygen atoms in total. The molecule has 0 aliphatic heterocycles. The van der Waals surface area contributed by atoms with Crippen molar-refractivity contribution in [1.82, 2.24) is 5.32 Å². The van der Waals surface area contributed by atoms with Crippen molar-refractivity contribution in [3.63, 3.8) is 0 Å². The number of aliphatic hydroxyl groups is 1. The molecular weight excluding hydrogens is 250 g/mol. The fraction of sp³-hybridized carbons (Fsp3) is 0.286. The van der Waals surface area contributed by atoms with E-state index in [-0.39, 0.29) is 6.04 Å². The molecule has 2 rings (SSSR count). The minimum Gasteiger partial charge on any atom is -0.467 e. The summed E-state index contributed by atoms with van der Waals surface area (Å²) >= 11 is 6.11. The van der Waals surface area contributed by atoms with Crippen LogP contribution in [0.15, 0.2) is 47.1 Å². The number of halogens is 1. The van der Waals surface area contributed by atoms with Crippen LogP contribution in [0, 0.1) is 0 Å². The topological polar surface area (TPSA) is 45.4 Å². The molecule has 1 unspecified atom stereocenters. The van der Waals surface area contributed by atoms with E-state index in [2.05, 4.69) is 5.32 Å². The molecule has 0 fully saturated rings. The summed E-state index contributed by atoms with van der Waals surface area (Å²) in [5.41, 5.74) is 1.02. The molecule has 4 heteroatoms. The molecule has 0 bridgehead atoms. The smallest absolute Gasteiger partial charge is 0.133 e. The van der Waals surface area contributed by atoms with Gasteiger partial charge in [-0.3, -0.25) is 0 Å². The van der Waals surface area contributed by atoms with Gasteiger partial charge in [0.15, 0.2) is 0 Å². The summed E-state index contributed by atoms with van der Waals surface area (Å²) in [6.07, 6.45) is 0.903. The molecule has 18 heavy (non-hydrogen) atoms. The Balaban J connectivity index is 1.93. The van der Waals surface area contributed by atoms with E-state index in [4.69, 9.17) is 16.0 Å². The van der Waals surface area contributed by atoms with Gasteiger partial charge in [0.25, 0.3) is 0 Å². The van der Waals surface area contributed by atoms with Crippen molar-refractivity contribution >= 4 is 11.6 Å². The van der Waals surface area contributed by atoms with Crippen LogP contribution in [0.1, 0.15) is 30.4 Å². The lowest BCUT2D eigenvalue weighted by Gasteiger charge is -2.17. The highest BCUT2D eigenvalue weighted by molar-refractivity contribution is 6.31. The van der Waals surface area contributed by atoms with Gasteiger partial charge in [0.2, 0.25) is 0 Å². The van der Waals surface area contributed by atoms with Gasteiger partial charge in [-0.1, -0.05) is 29.8 Å². The van der Waals surface area contributed by atoms with Crippen molar-refractivity contribution in [2.24, 2.45) is 0 Å². The lowest BCUT2D eigenvalue weighted by Crippen LogP contribution is -2.24. The zero-order valence-electron chi connectivity index (χ0n) is 10.1. The number of hydrogen-bond acceptors (Lipinski definition) is 3. The van der Waals surface area contributed by atoms with Gasteiger partial charge in [-0.25, -0.2) is 0 Å². The highest BCUT2D eigenvalue weighted by atomic mass is 35.5. The molecule has 0 aliphatic rings. The average molecular weight is 266 g/mol. The van der Waals surface area contributed by atoms with E-state index < -0.39 is 6.10 Å². The van der Waals surface area contributed by atoms with E-state index in [1.54, 1.807) is 18.4 Å². The van der Waals surface area contributed by atoms with Crippen LogP contribution in [-0.4, -0.2) is 11.7 Å². The molecule has 0 radical (unpaired) electrons. The second kappa shape index (κ2) is 6.05. The first-order valence-corrected chi connectivity index (χ1v) is 6.25.